The molecule has 180 valence electrons. The van der Waals surface area contributed by atoms with Crippen molar-refractivity contribution in [3.8, 4) is 5.75 Å². The van der Waals surface area contributed by atoms with Gasteiger partial charge in [-0.2, -0.15) is 0 Å². The molecule has 7 heteroatoms. The Morgan fingerprint density at radius 2 is 1.74 bits per heavy atom. The molecule has 1 fully saturated rings. The van der Waals surface area contributed by atoms with Crippen LogP contribution in [0.2, 0.25) is 0 Å². The minimum Gasteiger partial charge on any atom is -0.507 e. The monoisotopic (exact) mass is 475 g/mol. The number of hydrogen-bond donors (Lipinski definition) is 1. The number of halogens is 1. The Bertz CT molecular complexity index is 1220. The summed E-state index contributed by atoms with van der Waals surface area (Å²) in [5.74, 6) is -1.74. The van der Waals surface area contributed by atoms with Crippen LogP contribution in [-0.2, 0) is 20.9 Å². The first-order valence-corrected chi connectivity index (χ1v) is 11.3. The van der Waals surface area contributed by atoms with Gasteiger partial charge in [-0.05, 0) is 53.9 Å². The predicted octanol–water partition coefficient (Wildman–Crippen LogP) is 4.86. The molecule has 3 aromatic carbocycles. The molecule has 1 N–H and O–H groups in total. The number of likely N-dealkylation sites (tertiary alicyclic amines) is 1. The van der Waals surface area contributed by atoms with E-state index in [0.717, 1.165) is 5.56 Å². The fourth-order valence-electron chi connectivity index (χ4n) is 4.12. The van der Waals surface area contributed by atoms with Crippen LogP contribution in [0.5, 0.6) is 5.75 Å². The largest absolute Gasteiger partial charge is 0.507 e. The molecule has 0 bridgehead atoms. The molecule has 4 rings (SSSR count). The van der Waals surface area contributed by atoms with E-state index in [2.05, 4.69) is 0 Å². The van der Waals surface area contributed by atoms with Gasteiger partial charge in [0.15, 0.2) is 0 Å². The molecular formula is C28H26FNO5. The second-order valence-electron chi connectivity index (χ2n) is 8.19. The molecule has 0 radical (unpaired) electrons. The average molecular weight is 476 g/mol. The number of aliphatic hydroxyl groups is 1. The zero-order valence-electron chi connectivity index (χ0n) is 19.3. The summed E-state index contributed by atoms with van der Waals surface area (Å²) in [6.07, 6.45) is 0.515. The Hall–Kier alpha value is -3.97. The zero-order chi connectivity index (χ0) is 24.8. The van der Waals surface area contributed by atoms with Crippen LogP contribution in [-0.4, -0.2) is 42.0 Å². The van der Waals surface area contributed by atoms with E-state index in [1.165, 1.54) is 29.2 Å². The van der Waals surface area contributed by atoms with Gasteiger partial charge in [0, 0.05) is 25.8 Å². The highest BCUT2D eigenvalue weighted by molar-refractivity contribution is 6.46. The first-order valence-electron chi connectivity index (χ1n) is 11.3. The number of benzene rings is 3. The maximum atomic E-state index is 13.4. The van der Waals surface area contributed by atoms with E-state index in [4.69, 9.17) is 9.47 Å². The molecule has 1 heterocycles. The van der Waals surface area contributed by atoms with Gasteiger partial charge in [0.05, 0.1) is 11.6 Å². The number of Topliss-reactive ketones (excluding diaryl/α,β-unsaturated/α-hetero) is 1. The summed E-state index contributed by atoms with van der Waals surface area (Å²) in [7, 11) is 1.56. The van der Waals surface area contributed by atoms with E-state index in [1.807, 2.05) is 30.3 Å². The van der Waals surface area contributed by atoms with Crippen molar-refractivity contribution in [2.45, 2.75) is 19.1 Å². The Kier molecular flexibility index (Phi) is 7.57. The maximum absolute atomic E-state index is 13.4. The molecule has 1 aliphatic heterocycles. The van der Waals surface area contributed by atoms with Gasteiger partial charge >= 0.3 is 0 Å². The molecule has 0 aliphatic carbocycles. The topological polar surface area (TPSA) is 76.1 Å². The Labute approximate surface area is 203 Å². The summed E-state index contributed by atoms with van der Waals surface area (Å²) in [4.78, 5) is 27.5. The van der Waals surface area contributed by atoms with E-state index < -0.39 is 23.5 Å². The van der Waals surface area contributed by atoms with Gasteiger partial charge in [0.2, 0.25) is 0 Å². The van der Waals surface area contributed by atoms with Crippen LogP contribution in [0.1, 0.15) is 29.2 Å². The smallest absolute Gasteiger partial charge is 0.295 e. The zero-order valence-corrected chi connectivity index (χ0v) is 19.3. The number of aliphatic hydroxyl groups excluding tert-OH is 1. The van der Waals surface area contributed by atoms with E-state index in [1.54, 1.807) is 31.4 Å². The van der Waals surface area contributed by atoms with Crippen LogP contribution in [0.15, 0.2) is 84.4 Å². The summed E-state index contributed by atoms with van der Waals surface area (Å²) >= 11 is 0. The Morgan fingerprint density at radius 3 is 2.46 bits per heavy atom. The first-order chi connectivity index (χ1) is 17.0. The summed E-state index contributed by atoms with van der Waals surface area (Å²) in [6, 6.07) is 21.1. The van der Waals surface area contributed by atoms with Gasteiger partial charge in [0.1, 0.15) is 23.9 Å². The van der Waals surface area contributed by atoms with Gasteiger partial charge in [-0.15, -0.1) is 0 Å². The molecular weight excluding hydrogens is 449 g/mol. The highest BCUT2D eigenvalue weighted by Gasteiger charge is 2.45. The van der Waals surface area contributed by atoms with Gasteiger partial charge in [-0.25, -0.2) is 4.39 Å². The van der Waals surface area contributed by atoms with Gasteiger partial charge in [0.25, 0.3) is 11.7 Å². The highest BCUT2D eigenvalue weighted by Crippen LogP contribution is 2.40. The van der Waals surface area contributed by atoms with E-state index in [0.29, 0.717) is 30.9 Å². The summed E-state index contributed by atoms with van der Waals surface area (Å²) < 4.78 is 24.5. The minimum atomic E-state index is -0.822. The van der Waals surface area contributed by atoms with Crippen LogP contribution in [0.25, 0.3) is 5.76 Å². The minimum absolute atomic E-state index is 0.0424. The van der Waals surface area contributed by atoms with Crippen molar-refractivity contribution < 1.29 is 28.6 Å². The van der Waals surface area contributed by atoms with Crippen molar-refractivity contribution in [3.05, 3.63) is 107 Å². The van der Waals surface area contributed by atoms with Gasteiger partial charge < -0.3 is 19.5 Å². The molecule has 1 aliphatic rings. The third kappa shape index (κ3) is 5.41. The summed E-state index contributed by atoms with van der Waals surface area (Å²) in [6.45, 7) is 1.03. The highest BCUT2D eigenvalue weighted by atomic mass is 19.1. The number of hydrogen-bond acceptors (Lipinski definition) is 5. The fraction of sp³-hybridized carbons (Fsp3) is 0.214. The quantitative estimate of drug-likeness (QED) is 0.207. The van der Waals surface area contributed by atoms with Crippen LogP contribution < -0.4 is 4.74 Å². The number of nitrogens with zero attached hydrogens (tertiary/aromatic N) is 1. The standard InChI is InChI=1S/C28H26FNO5/c1-34-16-6-15-30-25(21-9-5-10-23(17-21)35-18-19-7-3-2-4-8-19)24(27(32)28(30)33)26(31)20-11-13-22(29)14-12-20/h2-5,7-14,17,25,31H,6,15-16,18H2,1H3/b26-24+. The summed E-state index contributed by atoms with van der Waals surface area (Å²) in [5.41, 5.74) is 1.83. The van der Waals surface area contributed by atoms with Crippen molar-refractivity contribution in [1.82, 2.24) is 4.90 Å². The number of carbonyl (C=O) groups is 2. The normalized spacial score (nSPS) is 17.1. The Morgan fingerprint density at radius 1 is 1.00 bits per heavy atom. The molecule has 1 saturated heterocycles. The van der Waals surface area contributed by atoms with Gasteiger partial charge in [-0.3, -0.25) is 9.59 Å². The molecule has 1 unspecified atom stereocenters. The summed E-state index contributed by atoms with van der Waals surface area (Å²) in [5, 5.41) is 11.0. The molecule has 1 amide bonds. The number of carbonyl (C=O) groups excluding carboxylic acids is 2. The van der Waals surface area contributed by atoms with Crippen molar-refractivity contribution >= 4 is 17.4 Å². The maximum Gasteiger partial charge on any atom is 0.295 e. The van der Waals surface area contributed by atoms with Crippen LogP contribution >= 0.6 is 0 Å². The molecule has 0 saturated carbocycles. The van der Waals surface area contributed by atoms with Crippen molar-refractivity contribution in [2.75, 3.05) is 20.3 Å². The SMILES string of the molecule is COCCCN1C(=O)C(=O)/C(=C(/O)c2ccc(F)cc2)C1c1cccc(OCc2ccccc2)c1. The number of ether oxygens (including phenoxy) is 2. The number of methoxy groups -OCH3 is 1. The lowest BCUT2D eigenvalue weighted by molar-refractivity contribution is -0.140. The number of amides is 1. The lowest BCUT2D eigenvalue weighted by atomic mass is 9.95. The lowest BCUT2D eigenvalue weighted by Gasteiger charge is -2.25. The molecule has 0 aromatic heterocycles. The van der Waals surface area contributed by atoms with Crippen LogP contribution in [0, 0.1) is 5.82 Å². The van der Waals surface area contributed by atoms with E-state index in [-0.39, 0.29) is 23.4 Å². The number of rotatable bonds is 9. The van der Waals surface area contributed by atoms with Crippen LogP contribution in [0.3, 0.4) is 0 Å². The van der Waals surface area contributed by atoms with Gasteiger partial charge in [-0.1, -0.05) is 42.5 Å². The second kappa shape index (κ2) is 11.0. The first kappa shape index (κ1) is 24.2. The second-order valence-corrected chi connectivity index (χ2v) is 8.19. The fourth-order valence-corrected chi connectivity index (χ4v) is 4.12. The van der Waals surface area contributed by atoms with Crippen LogP contribution in [0.4, 0.5) is 4.39 Å². The average Bonchev–Trinajstić information content (AvgIpc) is 3.13. The van der Waals surface area contributed by atoms with E-state index >= 15 is 0 Å². The lowest BCUT2D eigenvalue weighted by Crippen LogP contribution is -2.31. The molecule has 1 atom stereocenters. The Balaban J connectivity index is 1.72. The van der Waals surface area contributed by atoms with Crippen molar-refractivity contribution in [3.63, 3.8) is 0 Å². The predicted molar refractivity (Wildman–Crippen MR) is 129 cm³/mol. The molecule has 6 nitrogen and oxygen atoms in total. The molecule has 3 aromatic rings. The number of ketones is 1. The molecule has 0 spiro atoms. The third-order valence-corrected chi connectivity index (χ3v) is 5.83. The van der Waals surface area contributed by atoms with E-state index in [9.17, 15) is 19.1 Å². The van der Waals surface area contributed by atoms with Crippen molar-refractivity contribution in [1.29, 1.82) is 0 Å². The molecule has 35 heavy (non-hydrogen) atoms. The third-order valence-electron chi connectivity index (χ3n) is 5.83. The van der Waals surface area contributed by atoms with Crippen molar-refractivity contribution in [2.24, 2.45) is 0 Å².